The zero-order valence-corrected chi connectivity index (χ0v) is 9.06. The number of carbonyl (C=O) groups is 1. The molecule has 0 fully saturated rings. The summed E-state index contributed by atoms with van der Waals surface area (Å²) in [6.07, 6.45) is 4.95. The number of cyclic esters (lactones) is 1. The number of allylic oxidation sites excluding steroid dienone is 1. The Morgan fingerprint density at radius 1 is 1.14 bits per heavy atom. The largest absolute Gasteiger partial charge is 0.423 e. The molecule has 0 aliphatic carbocycles. The number of hydrogen-bond acceptors (Lipinski definition) is 2. The average molecular weight is 194 g/mol. The van der Waals surface area contributed by atoms with E-state index in [0.29, 0.717) is 5.76 Å². The molecule has 0 N–H and O–H groups in total. The molecule has 0 amide bonds. The molecule has 0 saturated carbocycles. The van der Waals surface area contributed by atoms with Crippen molar-refractivity contribution in [3.05, 3.63) is 23.5 Å². The maximum absolute atomic E-state index is 11.4. The maximum atomic E-state index is 11.4. The fourth-order valence-electron chi connectivity index (χ4n) is 1.67. The van der Waals surface area contributed by atoms with Crippen LogP contribution in [0, 0.1) is 0 Å². The number of unbranched alkanes of at least 4 members (excludes halogenated alkanes) is 1. The lowest BCUT2D eigenvalue weighted by Crippen LogP contribution is -1.98. The summed E-state index contributed by atoms with van der Waals surface area (Å²) in [4.78, 5) is 11.4. The van der Waals surface area contributed by atoms with Gasteiger partial charge in [0.15, 0.2) is 0 Å². The van der Waals surface area contributed by atoms with Crippen molar-refractivity contribution in [3.8, 4) is 0 Å². The van der Waals surface area contributed by atoms with Crippen LogP contribution >= 0.6 is 0 Å². The Hall–Kier alpha value is -1.05. The van der Waals surface area contributed by atoms with Gasteiger partial charge in [-0.15, -0.1) is 0 Å². The van der Waals surface area contributed by atoms with Crippen LogP contribution in [0.4, 0.5) is 0 Å². The lowest BCUT2D eigenvalue weighted by atomic mass is 10.00. The van der Waals surface area contributed by atoms with Crippen LogP contribution in [0.2, 0.25) is 0 Å². The second-order valence-electron chi connectivity index (χ2n) is 3.62. The van der Waals surface area contributed by atoms with Gasteiger partial charge in [0.05, 0.1) is 0 Å². The second kappa shape index (κ2) is 4.99. The van der Waals surface area contributed by atoms with Gasteiger partial charge >= 0.3 is 5.97 Å². The number of rotatable bonds is 5. The van der Waals surface area contributed by atoms with Gasteiger partial charge in [-0.05, 0) is 19.3 Å². The minimum absolute atomic E-state index is 0.178. The molecule has 0 saturated heterocycles. The Balaban J connectivity index is 2.79. The van der Waals surface area contributed by atoms with Gasteiger partial charge in [0.2, 0.25) is 0 Å². The van der Waals surface area contributed by atoms with Gasteiger partial charge in [0, 0.05) is 11.1 Å². The summed E-state index contributed by atoms with van der Waals surface area (Å²) in [5, 5.41) is 0. The second-order valence-corrected chi connectivity index (χ2v) is 3.62. The van der Waals surface area contributed by atoms with E-state index >= 15 is 0 Å². The molecule has 14 heavy (non-hydrogen) atoms. The van der Waals surface area contributed by atoms with Gasteiger partial charge in [0.1, 0.15) is 5.76 Å². The first kappa shape index (κ1) is 11.0. The maximum Gasteiger partial charge on any atom is 0.339 e. The molecule has 2 nitrogen and oxygen atoms in total. The molecule has 78 valence electrons. The van der Waals surface area contributed by atoms with Gasteiger partial charge < -0.3 is 4.74 Å². The molecule has 1 rings (SSSR count). The van der Waals surface area contributed by atoms with E-state index < -0.39 is 0 Å². The van der Waals surface area contributed by atoms with E-state index in [1.54, 1.807) is 0 Å². The standard InChI is InChI=1S/C12H18O2/c1-4-6-8-10-9(3)14-12(13)11(10)7-5-2/h3-8H2,1-2H3. The van der Waals surface area contributed by atoms with Crippen molar-refractivity contribution >= 4 is 5.97 Å². The summed E-state index contributed by atoms with van der Waals surface area (Å²) in [5.41, 5.74) is 1.91. The number of ether oxygens (including phenoxy) is 1. The first-order chi connectivity index (χ1) is 6.70. The third-order valence-electron chi connectivity index (χ3n) is 2.44. The van der Waals surface area contributed by atoms with Gasteiger partial charge in [-0.3, -0.25) is 0 Å². The molecule has 2 heteroatoms. The molecule has 0 atom stereocenters. The van der Waals surface area contributed by atoms with Crippen molar-refractivity contribution in [1.82, 2.24) is 0 Å². The van der Waals surface area contributed by atoms with Crippen LogP contribution < -0.4 is 0 Å². The van der Waals surface area contributed by atoms with E-state index in [1.165, 1.54) is 0 Å². The van der Waals surface area contributed by atoms with Gasteiger partial charge in [-0.1, -0.05) is 33.3 Å². The Morgan fingerprint density at radius 3 is 2.43 bits per heavy atom. The fourth-order valence-corrected chi connectivity index (χ4v) is 1.67. The van der Waals surface area contributed by atoms with E-state index in [9.17, 15) is 4.79 Å². The summed E-state index contributed by atoms with van der Waals surface area (Å²) in [5.74, 6) is 0.398. The first-order valence-electron chi connectivity index (χ1n) is 5.34. The average Bonchev–Trinajstić information content (AvgIpc) is 2.40. The molecule has 0 spiro atoms. The summed E-state index contributed by atoms with van der Waals surface area (Å²) < 4.78 is 5.03. The first-order valence-corrected chi connectivity index (χ1v) is 5.34. The summed E-state index contributed by atoms with van der Waals surface area (Å²) in [6.45, 7) is 7.98. The highest BCUT2D eigenvalue weighted by atomic mass is 16.5. The van der Waals surface area contributed by atoms with E-state index in [0.717, 1.165) is 43.3 Å². The van der Waals surface area contributed by atoms with E-state index in [2.05, 4.69) is 20.4 Å². The van der Waals surface area contributed by atoms with E-state index in [-0.39, 0.29) is 5.97 Å². The predicted octanol–water partition coefficient (Wildman–Crippen LogP) is 3.34. The highest BCUT2D eigenvalue weighted by molar-refractivity contribution is 5.94. The lowest BCUT2D eigenvalue weighted by molar-refractivity contribution is -0.133. The molecular weight excluding hydrogens is 176 g/mol. The van der Waals surface area contributed by atoms with Crippen LogP contribution in [0.15, 0.2) is 23.5 Å². The lowest BCUT2D eigenvalue weighted by Gasteiger charge is -2.01. The topological polar surface area (TPSA) is 26.3 Å². The predicted molar refractivity (Wildman–Crippen MR) is 56.7 cm³/mol. The minimum atomic E-state index is -0.178. The van der Waals surface area contributed by atoms with Crippen molar-refractivity contribution < 1.29 is 9.53 Å². The van der Waals surface area contributed by atoms with Crippen LogP contribution in [0.1, 0.15) is 46.0 Å². The highest BCUT2D eigenvalue weighted by Gasteiger charge is 2.26. The molecular formula is C12H18O2. The smallest absolute Gasteiger partial charge is 0.339 e. The number of hydrogen-bond donors (Lipinski definition) is 0. The monoisotopic (exact) mass is 194 g/mol. The van der Waals surface area contributed by atoms with Crippen LogP contribution in [-0.4, -0.2) is 5.97 Å². The van der Waals surface area contributed by atoms with Crippen molar-refractivity contribution in [2.45, 2.75) is 46.0 Å². The highest BCUT2D eigenvalue weighted by Crippen LogP contribution is 2.31. The van der Waals surface area contributed by atoms with Gasteiger partial charge in [0.25, 0.3) is 0 Å². The molecule has 0 aromatic rings. The number of esters is 1. The molecule has 0 aromatic carbocycles. The minimum Gasteiger partial charge on any atom is -0.423 e. The molecule has 0 unspecified atom stereocenters. The fraction of sp³-hybridized carbons (Fsp3) is 0.583. The molecule has 1 aliphatic heterocycles. The van der Waals surface area contributed by atoms with Crippen molar-refractivity contribution in [2.75, 3.05) is 0 Å². The van der Waals surface area contributed by atoms with Crippen LogP contribution in [0.3, 0.4) is 0 Å². The molecule has 1 heterocycles. The van der Waals surface area contributed by atoms with E-state index in [4.69, 9.17) is 4.74 Å². The van der Waals surface area contributed by atoms with Gasteiger partial charge in [-0.2, -0.15) is 0 Å². The molecule has 0 radical (unpaired) electrons. The molecule has 0 aromatic heterocycles. The summed E-state index contributed by atoms with van der Waals surface area (Å²) in [6, 6.07) is 0. The van der Waals surface area contributed by atoms with Crippen LogP contribution in [0.5, 0.6) is 0 Å². The van der Waals surface area contributed by atoms with Crippen LogP contribution in [-0.2, 0) is 9.53 Å². The summed E-state index contributed by atoms with van der Waals surface area (Å²) in [7, 11) is 0. The molecule has 1 aliphatic rings. The SMILES string of the molecule is C=C1OC(=O)C(CCC)=C1CCCC. The third-order valence-corrected chi connectivity index (χ3v) is 2.44. The Labute approximate surface area is 85.6 Å². The zero-order chi connectivity index (χ0) is 10.6. The third kappa shape index (κ3) is 2.25. The van der Waals surface area contributed by atoms with Crippen molar-refractivity contribution in [1.29, 1.82) is 0 Å². The van der Waals surface area contributed by atoms with Crippen molar-refractivity contribution in [2.24, 2.45) is 0 Å². The van der Waals surface area contributed by atoms with Gasteiger partial charge in [-0.25, -0.2) is 4.79 Å². The Bertz CT molecular complexity index is 274. The Morgan fingerprint density at radius 2 is 1.86 bits per heavy atom. The molecule has 0 bridgehead atoms. The van der Waals surface area contributed by atoms with E-state index in [1.807, 2.05) is 0 Å². The van der Waals surface area contributed by atoms with Crippen LogP contribution in [0.25, 0.3) is 0 Å². The zero-order valence-electron chi connectivity index (χ0n) is 9.06. The normalized spacial score (nSPS) is 16.4. The Kier molecular flexibility index (Phi) is 3.93. The quantitative estimate of drug-likeness (QED) is 0.627. The number of carbonyl (C=O) groups excluding carboxylic acids is 1. The van der Waals surface area contributed by atoms with Crippen molar-refractivity contribution in [3.63, 3.8) is 0 Å². The summed E-state index contributed by atoms with van der Waals surface area (Å²) >= 11 is 0.